The van der Waals surface area contributed by atoms with Crippen LogP contribution in [0.1, 0.15) is 83.2 Å². The quantitative estimate of drug-likeness (QED) is 0.0788. The van der Waals surface area contributed by atoms with Crippen molar-refractivity contribution in [2.75, 3.05) is 84.4 Å². The summed E-state index contributed by atoms with van der Waals surface area (Å²) in [5, 5.41) is 2.21. The number of ether oxygens (including phenoxy) is 5. The standard InChI is InChI=1S/C23H26Cl2N2O3.C15H24N2O2.C9H7BrCl2O2.2ClH/c1-29-20-7-6-18(14-21(20)30-11-10-26-8-4-2-3-5-9-26)27-15-16-12-17(24)13-19(25)22(16)23(27)28;1-18-14-7-6-13(16)12-15(14)19-11-10-17-8-4-2-3-5-9-17;1-14-9(13)8-5(4-10)2-6(11)3-7(8)12;;/h6-7,12-14H,2-5,8-11,15H2,1H3;6-7,12H,2-5,8-11,16H2,1H3;2-3H,4H2,1H3;2*1H. The van der Waals surface area contributed by atoms with Crippen LogP contribution < -0.4 is 29.6 Å². The molecule has 0 atom stereocenters. The fourth-order valence-corrected chi connectivity index (χ4v) is 9.35. The van der Waals surface area contributed by atoms with E-state index in [2.05, 4.69) is 30.5 Å². The number of amides is 1. The van der Waals surface area contributed by atoms with Gasteiger partial charge in [-0.3, -0.25) is 14.6 Å². The number of nitrogens with two attached hydrogens (primary N) is 1. The number of esters is 1. The highest BCUT2D eigenvalue weighted by atomic mass is 79.9. The minimum atomic E-state index is -0.457. The molecule has 358 valence electrons. The van der Waals surface area contributed by atoms with Crippen LogP contribution in [0.2, 0.25) is 20.1 Å². The number of hydrogen-bond acceptors (Lipinski definition) is 10. The molecule has 3 heterocycles. The van der Waals surface area contributed by atoms with Gasteiger partial charge >= 0.3 is 5.97 Å². The summed E-state index contributed by atoms with van der Waals surface area (Å²) in [6.45, 7) is 8.18. The maximum absolute atomic E-state index is 13.0. The van der Waals surface area contributed by atoms with E-state index in [0.717, 1.165) is 48.9 Å². The number of carbonyl (C=O) groups is 2. The highest BCUT2D eigenvalue weighted by Crippen LogP contribution is 2.38. The fraction of sp³-hybridized carbons (Fsp3) is 0.447. The monoisotopic (exact) mass is 1080 g/mol. The zero-order valence-corrected chi connectivity index (χ0v) is 43.2. The molecule has 3 aliphatic heterocycles. The lowest BCUT2D eigenvalue weighted by Gasteiger charge is -2.21. The Morgan fingerprint density at radius 3 is 1.69 bits per heavy atom. The van der Waals surface area contributed by atoms with Gasteiger partial charge in [-0.05, 0) is 112 Å². The first-order valence-electron chi connectivity index (χ1n) is 21.2. The van der Waals surface area contributed by atoms with Gasteiger partial charge in [0.05, 0.1) is 49.0 Å². The van der Waals surface area contributed by atoms with Gasteiger partial charge in [-0.1, -0.05) is 88.0 Å². The number of hydrogen-bond donors (Lipinski definition) is 1. The smallest absolute Gasteiger partial charge is 0.339 e. The Labute approximate surface area is 424 Å². The van der Waals surface area contributed by atoms with E-state index in [1.807, 2.05) is 36.4 Å². The molecule has 65 heavy (non-hydrogen) atoms. The SMILES string of the molecule is COC(=O)c1c(Cl)cc(Cl)cc1CBr.COc1ccc(N)cc1OCCN1CCCCCC1.COc1ccc(N2Cc3cc(Cl)cc(Cl)c3C2=O)cc1OCCN1CCCCCC1.Cl.Cl. The predicted octanol–water partition coefficient (Wildman–Crippen LogP) is 12.5. The van der Waals surface area contributed by atoms with E-state index in [0.29, 0.717) is 79.1 Å². The van der Waals surface area contributed by atoms with Crippen molar-refractivity contribution in [1.29, 1.82) is 0 Å². The molecule has 18 heteroatoms. The van der Waals surface area contributed by atoms with Crippen molar-refractivity contribution in [1.82, 2.24) is 9.80 Å². The number of likely N-dealkylation sites (tertiary alicyclic amines) is 2. The summed E-state index contributed by atoms with van der Waals surface area (Å²) in [4.78, 5) is 30.9. The normalized spacial score (nSPS) is 15.0. The maximum atomic E-state index is 13.0. The lowest BCUT2D eigenvalue weighted by Crippen LogP contribution is -2.29. The summed E-state index contributed by atoms with van der Waals surface area (Å²) in [5.41, 5.74) is 9.63. The molecule has 1 amide bonds. The largest absolute Gasteiger partial charge is 0.493 e. The van der Waals surface area contributed by atoms with Crippen molar-refractivity contribution >= 4 is 110 Å². The van der Waals surface area contributed by atoms with Crippen LogP contribution in [0.15, 0.2) is 60.7 Å². The zero-order valence-electron chi connectivity index (χ0n) is 37.0. The van der Waals surface area contributed by atoms with Gasteiger partial charge in [0.1, 0.15) is 13.2 Å². The first-order valence-corrected chi connectivity index (χ1v) is 23.8. The topological polar surface area (TPSA) is 116 Å². The van der Waals surface area contributed by atoms with Crippen LogP contribution >= 0.6 is 87.1 Å². The Balaban J connectivity index is 0.000000277. The van der Waals surface area contributed by atoms with Crippen molar-refractivity contribution < 1.29 is 33.3 Å². The average molecular weight is 1080 g/mol. The van der Waals surface area contributed by atoms with Crippen LogP contribution in [-0.2, 0) is 16.6 Å². The Morgan fingerprint density at radius 2 is 1.17 bits per heavy atom. The molecular weight excluding hydrogens is 1030 g/mol. The van der Waals surface area contributed by atoms with E-state index in [-0.39, 0.29) is 30.7 Å². The second-order valence-electron chi connectivity index (χ2n) is 15.3. The molecule has 7 rings (SSSR count). The molecule has 4 aromatic rings. The van der Waals surface area contributed by atoms with E-state index < -0.39 is 5.97 Å². The molecule has 0 bridgehead atoms. The van der Waals surface area contributed by atoms with Crippen LogP contribution in [0.5, 0.6) is 23.0 Å². The van der Waals surface area contributed by atoms with Gasteiger partial charge in [0.25, 0.3) is 5.91 Å². The molecule has 0 aliphatic carbocycles. The third-order valence-electron chi connectivity index (χ3n) is 11.0. The molecule has 0 aromatic heterocycles. The predicted molar refractivity (Wildman–Crippen MR) is 273 cm³/mol. The molecule has 0 spiro atoms. The van der Waals surface area contributed by atoms with E-state index in [4.69, 9.17) is 71.1 Å². The van der Waals surface area contributed by atoms with Gasteiger partial charge < -0.3 is 34.3 Å². The Bertz CT molecular complexity index is 2140. The Morgan fingerprint density at radius 1 is 0.662 bits per heavy atom. The molecule has 4 aromatic carbocycles. The van der Waals surface area contributed by atoms with Crippen molar-refractivity contribution in [3.8, 4) is 23.0 Å². The highest BCUT2D eigenvalue weighted by molar-refractivity contribution is 9.08. The van der Waals surface area contributed by atoms with Gasteiger partial charge in [-0.25, -0.2) is 4.79 Å². The fourth-order valence-electron chi connectivity index (χ4n) is 7.68. The van der Waals surface area contributed by atoms with E-state index in [1.54, 1.807) is 37.3 Å². The first-order chi connectivity index (χ1) is 30.5. The Hall–Kier alpha value is -3.04. The van der Waals surface area contributed by atoms with Crippen LogP contribution in [0.4, 0.5) is 11.4 Å². The van der Waals surface area contributed by atoms with E-state index >= 15 is 0 Å². The lowest BCUT2D eigenvalue weighted by molar-refractivity contribution is 0.0600. The number of nitrogen functional groups attached to an aromatic ring is 1. The lowest BCUT2D eigenvalue weighted by atomic mass is 10.1. The van der Waals surface area contributed by atoms with Crippen molar-refractivity contribution in [2.24, 2.45) is 0 Å². The Kier molecular flexibility index (Phi) is 25.1. The van der Waals surface area contributed by atoms with Crippen molar-refractivity contribution in [3.05, 3.63) is 103 Å². The minimum absolute atomic E-state index is 0. The van der Waals surface area contributed by atoms with E-state index in [1.165, 1.54) is 77.6 Å². The summed E-state index contributed by atoms with van der Waals surface area (Å²) in [5.74, 6) is 2.17. The third kappa shape index (κ3) is 16.6. The number of alkyl halides is 1. The number of carbonyl (C=O) groups excluding carboxylic acids is 2. The number of anilines is 2. The molecule has 0 saturated carbocycles. The summed E-state index contributed by atoms with van der Waals surface area (Å²) >= 11 is 27.3. The average Bonchev–Trinajstić information content (AvgIpc) is 3.48. The summed E-state index contributed by atoms with van der Waals surface area (Å²) < 4.78 is 27.2. The maximum Gasteiger partial charge on any atom is 0.339 e. The molecule has 2 fully saturated rings. The van der Waals surface area contributed by atoms with Crippen LogP contribution in [0, 0.1) is 0 Å². The second kappa shape index (κ2) is 29.0. The molecule has 2 N–H and O–H groups in total. The number of nitrogens with zero attached hydrogens (tertiary/aromatic N) is 3. The van der Waals surface area contributed by atoms with Crippen LogP contribution in [-0.4, -0.2) is 95.5 Å². The van der Waals surface area contributed by atoms with Crippen molar-refractivity contribution in [3.63, 3.8) is 0 Å². The number of fused-ring (bicyclic) bond motifs is 1. The minimum Gasteiger partial charge on any atom is -0.493 e. The first kappa shape index (κ1) is 56.3. The number of rotatable bonds is 13. The van der Waals surface area contributed by atoms with Crippen molar-refractivity contribution in [2.45, 2.75) is 63.2 Å². The third-order valence-corrected chi connectivity index (χ3v) is 12.6. The molecular formula is C47H59BrCl6N4O7. The van der Waals surface area contributed by atoms with Gasteiger partial charge in [0, 0.05) is 52.0 Å². The molecule has 3 aliphatic rings. The van der Waals surface area contributed by atoms with Gasteiger partial charge in [-0.2, -0.15) is 0 Å². The van der Waals surface area contributed by atoms with Gasteiger partial charge in [0.2, 0.25) is 0 Å². The van der Waals surface area contributed by atoms with Gasteiger partial charge in [-0.15, -0.1) is 24.8 Å². The number of benzene rings is 4. The number of methoxy groups -OCH3 is 3. The van der Waals surface area contributed by atoms with Gasteiger partial charge in [0.15, 0.2) is 23.0 Å². The van der Waals surface area contributed by atoms with E-state index in [9.17, 15) is 9.59 Å². The second-order valence-corrected chi connectivity index (χ2v) is 17.6. The molecule has 0 radical (unpaired) electrons. The summed E-state index contributed by atoms with van der Waals surface area (Å²) in [7, 11) is 4.58. The number of halogens is 7. The molecule has 0 unspecified atom stereocenters. The summed E-state index contributed by atoms with van der Waals surface area (Å²) in [6.07, 6.45) is 10.5. The van der Waals surface area contributed by atoms with Crippen LogP contribution in [0.25, 0.3) is 0 Å². The molecule has 11 nitrogen and oxygen atoms in total. The zero-order chi connectivity index (χ0) is 45.3. The molecule has 2 saturated heterocycles. The summed E-state index contributed by atoms with van der Waals surface area (Å²) in [6, 6.07) is 17.6. The highest BCUT2D eigenvalue weighted by Gasteiger charge is 2.32. The van der Waals surface area contributed by atoms with Crippen LogP contribution in [0.3, 0.4) is 0 Å².